The van der Waals surface area contributed by atoms with Gasteiger partial charge in [0.1, 0.15) is 0 Å². The van der Waals surface area contributed by atoms with Crippen LogP contribution < -0.4 is 0 Å². The third-order valence-electron chi connectivity index (χ3n) is 6.16. The standard InChI is InChI=1S/C22H29N3O2/c26-21(11-5-8-18-16-23-20-10-4-3-9-19(18)20)24-12-14-25(15-13-24)22(27)17-6-1-2-7-17/h3-4,9-10,16-17,23H,1-2,5-8,11-15H2. The van der Waals surface area contributed by atoms with Gasteiger partial charge in [0.15, 0.2) is 0 Å². The Balaban J connectivity index is 1.22. The second-order valence-corrected chi connectivity index (χ2v) is 7.90. The highest BCUT2D eigenvalue weighted by Crippen LogP contribution is 2.27. The van der Waals surface area contributed by atoms with Crippen LogP contribution in [0.3, 0.4) is 0 Å². The molecule has 0 spiro atoms. The molecule has 1 aromatic heterocycles. The minimum Gasteiger partial charge on any atom is -0.361 e. The van der Waals surface area contributed by atoms with Crippen molar-refractivity contribution in [2.45, 2.75) is 44.9 Å². The van der Waals surface area contributed by atoms with E-state index in [1.165, 1.54) is 23.8 Å². The number of aromatic nitrogens is 1. The molecule has 27 heavy (non-hydrogen) atoms. The number of rotatable bonds is 5. The molecule has 5 nitrogen and oxygen atoms in total. The lowest BCUT2D eigenvalue weighted by molar-refractivity contribution is -0.142. The number of para-hydroxylation sites is 1. The number of nitrogens with one attached hydrogen (secondary N) is 1. The Morgan fingerprint density at radius 1 is 1.00 bits per heavy atom. The fourth-order valence-corrected chi connectivity index (χ4v) is 4.53. The van der Waals surface area contributed by atoms with Crippen molar-refractivity contribution in [1.29, 1.82) is 0 Å². The molecule has 2 aromatic rings. The van der Waals surface area contributed by atoms with Crippen molar-refractivity contribution < 1.29 is 9.59 Å². The summed E-state index contributed by atoms with van der Waals surface area (Å²) in [5, 5.41) is 1.25. The fourth-order valence-electron chi connectivity index (χ4n) is 4.53. The third kappa shape index (κ3) is 4.02. The van der Waals surface area contributed by atoms with Crippen LogP contribution in [0.1, 0.15) is 44.1 Å². The number of aryl methyl sites for hydroxylation is 1. The molecule has 1 saturated heterocycles. The van der Waals surface area contributed by atoms with Crippen LogP contribution in [0.2, 0.25) is 0 Å². The molecule has 0 atom stereocenters. The highest BCUT2D eigenvalue weighted by Gasteiger charge is 2.30. The molecule has 2 heterocycles. The van der Waals surface area contributed by atoms with E-state index in [2.05, 4.69) is 29.4 Å². The van der Waals surface area contributed by atoms with Crippen molar-refractivity contribution in [3.63, 3.8) is 0 Å². The summed E-state index contributed by atoms with van der Waals surface area (Å²) in [6.45, 7) is 2.77. The number of H-pyrrole nitrogens is 1. The zero-order valence-electron chi connectivity index (χ0n) is 16.0. The topological polar surface area (TPSA) is 56.4 Å². The molecule has 144 valence electrons. The van der Waals surface area contributed by atoms with Gasteiger partial charge in [-0.05, 0) is 37.3 Å². The molecule has 1 aliphatic heterocycles. The maximum absolute atomic E-state index is 12.5. The van der Waals surface area contributed by atoms with Crippen molar-refractivity contribution in [1.82, 2.24) is 14.8 Å². The Bertz CT molecular complexity index is 799. The van der Waals surface area contributed by atoms with Gasteiger partial charge in [-0.3, -0.25) is 9.59 Å². The van der Waals surface area contributed by atoms with Gasteiger partial charge < -0.3 is 14.8 Å². The average molecular weight is 367 g/mol. The van der Waals surface area contributed by atoms with Gasteiger partial charge in [-0.2, -0.15) is 0 Å². The number of benzene rings is 1. The van der Waals surface area contributed by atoms with E-state index in [0.717, 1.165) is 31.2 Å². The van der Waals surface area contributed by atoms with E-state index in [1.807, 2.05) is 15.9 Å². The molecular weight excluding hydrogens is 338 g/mol. The summed E-state index contributed by atoms with van der Waals surface area (Å²) in [6, 6.07) is 8.29. The average Bonchev–Trinajstić information content (AvgIpc) is 3.38. The summed E-state index contributed by atoms with van der Waals surface area (Å²) in [4.78, 5) is 32.3. The first-order chi connectivity index (χ1) is 13.2. The van der Waals surface area contributed by atoms with Crippen molar-refractivity contribution >= 4 is 22.7 Å². The molecule has 1 saturated carbocycles. The van der Waals surface area contributed by atoms with Crippen molar-refractivity contribution in [2.24, 2.45) is 5.92 Å². The minimum atomic E-state index is 0.225. The normalized spacial score (nSPS) is 18.4. The van der Waals surface area contributed by atoms with Crippen LogP contribution in [0.5, 0.6) is 0 Å². The zero-order valence-corrected chi connectivity index (χ0v) is 16.0. The summed E-state index contributed by atoms with van der Waals surface area (Å²) >= 11 is 0. The maximum Gasteiger partial charge on any atom is 0.225 e. The number of hydrogen-bond acceptors (Lipinski definition) is 2. The fraction of sp³-hybridized carbons (Fsp3) is 0.545. The van der Waals surface area contributed by atoms with Gasteiger partial charge in [-0.1, -0.05) is 31.0 Å². The Hall–Kier alpha value is -2.30. The van der Waals surface area contributed by atoms with E-state index in [4.69, 9.17) is 0 Å². The molecule has 1 aliphatic carbocycles. The quantitative estimate of drug-likeness (QED) is 0.881. The summed E-state index contributed by atoms with van der Waals surface area (Å²) in [6.07, 6.45) is 8.88. The molecule has 0 radical (unpaired) electrons. The zero-order chi connectivity index (χ0) is 18.6. The highest BCUT2D eigenvalue weighted by molar-refractivity contribution is 5.83. The lowest BCUT2D eigenvalue weighted by Gasteiger charge is -2.36. The van der Waals surface area contributed by atoms with Crippen LogP contribution in [-0.4, -0.2) is 52.8 Å². The van der Waals surface area contributed by atoms with Gasteiger partial charge in [-0.25, -0.2) is 0 Å². The second-order valence-electron chi connectivity index (χ2n) is 7.90. The summed E-state index contributed by atoms with van der Waals surface area (Å²) in [5.41, 5.74) is 2.44. The Morgan fingerprint density at radius 3 is 2.48 bits per heavy atom. The molecule has 2 amide bonds. The second kappa shape index (κ2) is 8.15. The molecular formula is C22H29N3O2. The Labute approximate surface area is 160 Å². The smallest absolute Gasteiger partial charge is 0.225 e. The van der Waals surface area contributed by atoms with Gasteiger partial charge >= 0.3 is 0 Å². The molecule has 4 rings (SSSR count). The minimum absolute atomic E-state index is 0.225. The number of carbonyl (C=O) groups excluding carboxylic acids is 2. The number of piperazine rings is 1. The van der Waals surface area contributed by atoms with E-state index in [-0.39, 0.29) is 11.8 Å². The SMILES string of the molecule is O=C(CCCc1c[nH]c2ccccc12)N1CCN(C(=O)C2CCCC2)CC1. The predicted octanol–water partition coefficient (Wildman–Crippen LogP) is 3.35. The predicted molar refractivity (Wildman–Crippen MR) is 106 cm³/mol. The monoisotopic (exact) mass is 367 g/mol. The van der Waals surface area contributed by atoms with E-state index in [9.17, 15) is 9.59 Å². The van der Waals surface area contributed by atoms with E-state index in [0.29, 0.717) is 38.5 Å². The van der Waals surface area contributed by atoms with E-state index in [1.54, 1.807) is 0 Å². The van der Waals surface area contributed by atoms with Crippen molar-refractivity contribution in [3.05, 3.63) is 36.0 Å². The van der Waals surface area contributed by atoms with Gasteiger partial charge in [0.25, 0.3) is 0 Å². The third-order valence-corrected chi connectivity index (χ3v) is 6.16. The van der Waals surface area contributed by atoms with Crippen LogP contribution in [0.15, 0.2) is 30.5 Å². The van der Waals surface area contributed by atoms with Gasteiger partial charge in [0.2, 0.25) is 11.8 Å². The number of amides is 2. The first kappa shape index (κ1) is 18.1. The number of nitrogens with zero attached hydrogens (tertiary/aromatic N) is 2. The Kier molecular flexibility index (Phi) is 5.46. The molecule has 0 bridgehead atoms. The number of fused-ring (bicyclic) bond motifs is 1. The highest BCUT2D eigenvalue weighted by atomic mass is 16.2. The molecule has 1 aromatic carbocycles. The van der Waals surface area contributed by atoms with Crippen LogP contribution in [0.25, 0.3) is 10.9 Å². The van der Waals surface area contributed by atoms with Gasteiger partial charge in [0.05, 0.1) is 0 Å². The summed E-state index contributed by atoms with van der Waals surface area (Å²) in [5.74, 6) is 0.783. The number of carbonyl (C=O) groups is 2. The summed E-state index contributed by atoms with van der Waals surface area (Å²) in [7, 11) is 0. The van der Waals surface area contributed by atoms with Crippen LogP contribution in [0, 0.1) is 5.92 Å². The van der Waals surface area contributed by atoms with Crippen LogP contribution >= 0.6 is 0 Å². The molecule has 2 fully saturated rings. The molecule has 0 unspecified atom stereocenters. The first-order valence-electron chi connectivity index (χ1n) is 10.3. The lowest BCUT2D eigenvalue weighted by Crippen LogP contribution is -2.51. The number of hydrogen-bond donors (Lipinski definition) is 1. The van der Waals surface area contributed by atoms with Gasteiger partial charge in [-0.15, -0.1) is 0 Å². The summed E-state index contributed by atoms with van der Waals surface area (Å²) < 4.78 is 0. The van der Waals surface area contributed by atoms with Crippen LogP contribution in [0.4, 0.5) is 0 Å². The Morgan fingerprint density at radius 2 is 1.70 bits per heavy atom. The first-order valence-corrected chi connectivity index (χ1v) is 10.3. The van der Waals surface area contributed by atoms with Crippen LogP contribution in [-0.2, 0) is 16.0 Å². The molecule has 1 N–H and O–H groups in total. The lowest BCUT2D eigenvalue weighted by atomic mass is 10.1. The van der Waals surface area contributed by atoms with Crippen molar-refractivity contribution in [3.8, 4) is 0 Å². The molecule has 5 heteroatoms. The molecule has 2 aliphatic rings. The van der Waals surface area contributed by atoms with Crippen molar-refractivity contribution in [2.75, 3.05) is 26.2 Å². The van der Waals surface area contributed by atoms with Gasteiger partial charge in [0, 0.05) is 55.6 Å². The van der Waals surface area contributed by atoms with E-state index < -0.39 is 0 Å². The largest absolute Gasteiger partial charge is 0.361 e. The van der Waals surface area contributed by atoms with E-state index >= 15 is 0 Å². The maximum atomic E-state index is 12.5. The number of aromatic amines is 1.